The van der Waals surface area contributed by atoms with Gasteiger partial charge in [-0.2, -0.15) is 5.10 Å². The predicted octanol–water partition coefficient (Wildman–Crippen LogP) is 5.01. The summed E-state index contributed by atoms with van der Waals surface area (Å²) < 4.78 is 10.5. The van der Waals surface area contributed by atoms with Crippen LogP contribution in [0.5, 0.6) is 5.75 Å². The summed E-state index contributed by atoms with van der Waals surface area (Å²) in [6.45, 7) is -0.869. The molecule has 1 aliphatic rings. The molecule has 2 amide bonds. The molecular weight excluding hydrogens is 518 g/mol. The van der Waals surface area contributed by atoms with Gasteiger partial charge in [-0.3, -0.25) is 14.4 Å². The third-order valence-corrected chi connectivity index (χ3v) is 6.78. The first-order valence-corrected chi connectivity index (χ1v) is 13.2. The highest BCUT2D eigenvalue weighted by Gasteiger charge is 2.33. The van der Waals surface area contributed by atoms with E-state index in [1.54, 1.807) is 19.2 Å². The molecule has 4 aromatic carbocycles. The smallest absolute Gasteiger partial charge is 0.325 e. The molecular formula is C33H29N3O5. The molecule has 1 atom stereocenters. The molecule has 1 heterocycles. The molecule has 0 saturated carbocycles. The molecule has 0 radical (unpaired) electrons. The number of nitrogens with one attached hydrogen (secondary N) is 1. The first kappa shape index (κ1) is 27.3. The first-order chi connectivity index (χ1) is 20.0. The Balaban J connectivity index is 1.18. The Morgan fingerprint density at radius 2 is 1.41 bits per heavy atom. The zero-order valence-electron chi connectivity index (χ0n) is 22.5. The lowest BCUT2D eigenvalue weighted by Gasteiger charge is -2.22. The van der Waals surface area contributed by atoms with E-state index in [0.717, 1.165) is 28.0 Å². The van der Waals surface area contributed by atoms with Crippen molar-refractivity contribution in [3.8, 4) is 16.9 Å². The fourth-order valence-corrected chi connectivity index (χ4v) is 4.59. The van der Waals surface area contributed by atoms with Crippen LogP contribution in [0.2, 0.25) is 0 Å². The molecule has 0 saturated heterocycles. The van der Waals surface area contributed by atoms with E-state index in [-0.39, 0.29) is 12.6 Å². The van der Waals surface area contributed by atoms with Crippen LogP contribution in [-0.4, -0.2) is 48.8 Å². The minimum absolute atomic E-state index is 0.360. The Morgan fingerprint density at radius 1 is 0.805 bits per heavy atom. The number of hydrogen-bond donors (Lipinski definition) is 1. The molecule has 1 unspecified atom stereocenters. The highest BCUT2D eigenvalue weighted by molar-refractivity contribution is 6.03. The van der Waals surface area contributed by atoms with Crippen LogP contribution in [0, 0.1) is 0 Å². The molecule has 4 aromatic rings. The second-order valence-corrected chi connectivity index (χ2v) is 9.43. The van der Waals surface area contributed by atoms with E-state index in [2.05, 4.69) is 10.4 Å². The maximum absolute atomic E-state index is 13.2. The van der Waals surface area contributed by atoms with Gasteiger partial charge in [0.05, 0.1) is 18.9 Å². The number of rotatable bonds is 9. The zero-order chi connectivity index (χ0) is 28.6. The van der Waals surface area contributed by atoms with Crippen LogP contribution in [0.15, 0.2) is 114 Å². The van der Waals surface area contributed by atoms with Crippen molar-refractivity contribution < 1.29 is 23.9 Å². The van der Waals surface area contributed by atoms with Crippen molar-refractivity contribution in [3.05, 3.63) is 126 Å². The molecule has 0 spiro atoms. The predicted molar refractivity (Wildman–Crippen MR) is 155 cm³/mol. The number of carbonyl (C=O) groups is 3. The largest absolute Gasteiger partial charge is 0.497 e. The number of hydrazone groups is 1. The van der Waals surface area contributed by atoms with E-state index in [1.165, 1.54) is 5.01 Å². The van der Waals surface area contributed by atoms with Crippen LogP contribution in [0.1, 0.15) is 33.9 Å². The second kappa shape index (κ2) is 12.7. The van der Waals surface area contributed by atoms with Crippen LogP contribution in [0.25, 0.3) is 11.1 Å². The lowest BCUT2D eigenvalue weighted by molar-refractivity contribution is -0.152. The Labute approximate surface area is 238 Å². The molecule has 8 nitrogen and oxygen atoms in total. The number of nitrogens with zero attached hydrogens (tertiary/aromatic N) is 2. The molecule has 41 heavy (non-hydrogen) atoms. The minimum Gasteiger partial charge on any atom is -0.497 e. The van der Waals surface area contributed by atoms with E-state index in [1.807, 2.05) is 97.1 Å². The number of hydrogen-bond acceptors (Lipinski definition) is 6. The summed E-state index contributed by atoms with van der Waals surface area (Å²) in [4.78, 5) is 38.1. The van der Waals surface area contributed by atoms with Crippen LogP contribution >= 0.6 is 0 Å². The van der Waals surface area contributed by atoms with E-state index in [0.29, 0.717) is 17.7 Å². The molecule has 8 heteroatoms. The number of carbonyl (C=O) groups excluding carboxylic acids is 3. The van der Waals surface area contributed by atoms with Crippen molar-refractivity contribution in [1.82, 2.24) is 10.3 Å². The Kier molecular flexibility index (Phi) is 8.49. The average Bonchev–Trinajstić information content (AvgIpc) is 3.49. The summed E-state index contributed by atoms with van der Waals surface area (Å²) in [6.07, 6.45) is 0.509. The fourth-order valence-electron chi connectivity index (χ4n) is 4.59. The van der Waals surface area contributed by atoms with Gasteiger partial charge in [0.2, 0.25) is 0 Å². The third-order valence-electron chi connectivity index (χ3n) is 6.78. The lowest BCUT2D eigenvalue weighted by Crippen LogP contribution is -2.34. The highest BCUT2D eigenvalue weighted by atomic mass is 16.5. The summed E-state index contributed by atoms with van der Waals surface area (Å²) in [5.41, 5.74) is 4.99. The Bertz CT molecular complexity index is 1540. The maximum atomic E-state index is 13.2. The molecule has 1 aliphatic heterocycles. The maximum Gasteiger partial charge on any atom is 0.325 e. The SMILES string of the molecule is COc1ccc(C2CC(c3ccccc3)=NN2C(=O)COC(=O)CNC(=O)c2ccc(-c3ccccc3)cc2)cc1. The van der Waals surface area contributed by atoms with E-state index in [4.69, 9.17) is 9.47 Å². The summed E-state index contributed by atoms with van der Waals surface area (Å²) in [5, 5.41) is 8.50. The second-order valence-electron chi connectivity index (χ2n) is 9.43. The van der Waals surface area contributed by atoms with E-state index < -0.39 is 24.4 Å². The van der Waals surface area contributed by atoms with Gasteiger partial charge in [0.25, 0.3) is 11.8 Å². The Hall–Kier alpha value is -5.24. The fraction of sp³-hybridized carbons (Fsp3) is 0.152. The molecule has 206 valence electrons. The quantitative estimate of drug-likeness (QED) is 0.297. The lowest BCUT2D eigenvalue weighted by atomic mass is 9.98. The summed E-state index contributed by atoms with van der Waals surface area (Å²) in [7, 11) is 1.59. The van der Waals surface area contributed by atoms with Crippen LogP contribution < -0.4 is 10.1 Å². The van der Waals surface area contributed by atoms with Gasteiger partial charge >= 0.3 is 5.97 Å². The number of methoxy groups -OCH3 is 1. The van der Waals surface area contributed by atoms with Crippen molar-refractivity contribution in [2.75, 3.05) is 20.3 Å². The van der Waals surface area contributed by atoms with Crippen molar-refractivity contribution in [1.29, 1.82) is 0 Å². The van der Waals surface area contributed by atoms with Gasteiger partial charge in [0.1, 0.15) is 12.3 Å². The van der Waals surface area contributed by atoms with Gasteiger partial charge in [0.15, 0.2) is 6.61 Å². The average molecular weight is 548 g/mol. The topological polar surface area (TPSA) is 97.3 Å². The summed E-state index contributed by atoms with van der Waals surface area (Å²) >= 11 is 0. The van der Waals surface area contributed by atoms with Gasteiger partial charge in [-0.1, -0.05) is 84.9 Å². The van der Waals surface area contributed by atoms with Gasteiger partial charge in [-0.05, 0) is 46.5 Å². The van der Waals surface area contributed by atoms with Crippen molar-refractivity contribution in [2.24, 2.45) is 5.10 Å². The van der Waals surface area contributed by atoms with Gasteiger partial charge in [0, 0.05) is 12.0 Å². The Morgan fingerprint density at radius 3 is 2.05 bits per heavy atom. The van der Waals surface area contributed by atoms with Gasteiger partial charge < -0.3 is 14.8 Å². The number of amides is 2. The standard InChI is InChI=1S/C33H29N3O5/c1-40-28-18-16-26(17-19-28)30-20-29(25-10-6-3-7-11-25)35-36(30)31(37)22-41-32(38)21-34-33(39)27-14-12-24(13-15-27)23-8-4-2-5-9-23/h2-19,30H,20-22H2,1H3,(H,34,39). The van der Waals surface area contributed by atoms with E-state index >= 15 is 0 Å². The normalized spacial score (nSPS) is 14.2. The summed E-state index contributed by atoms with van der Waals surface area (Å²) in [6, 6.07) is 33.6. The van der Waals surface area contributed by atoms with Gasteiger partial charge in [-0.15, -0.1) is 0 Å². The number of ether oxygens (including phenoxy) is 2. The summed E-state index contributed by atoms with van der Waals surface area (Å²) in [5.74, 6) is -0.894. The first-order valence-electron chi connectivity index (χ1n) is 13.2. The zero-order valence-corrected chi connectivity index (χ0v) is 22.5. The number of esters is 1. The minimum atomic E-state index is -0.722. The number of benzene rings is 4. The van der Waals surface area contributed by atoms with Crippen molar-refractivity contribution in [2.45, 2.75) is 12.5 Å². The van der Waals surface area contributed by atoms with Crippen LogP contribution in [-0.2, 0) is 14.3 Å². The molecule has 0 aliphatic carbocycles. The highest BCUT2D eigenvalue weighted by Crippen LogP contribution is 2.33. The van der Waals surface area contributed by atoms with Crippen molar-refractivity contribution in [3.63, 3.8) is 0 Å². The van der Waals surface area contributed by atoms with Crippen molar-refractivity contribution >= 4 is 23.5 Å². The van der Waals surface area contributed by atoms with Crippen LogP contribution in [0.3, 0.4) is 0 Å². The molecule has 0 aromatic heterocycles. The monoisotopic (exact) mass is 547 g/mol. The van der Waals surface area contributed by atoms with E-state index in [9.17, 15) is 14.4 Å². The molecule has 0 bridgehead atoms. The van der Waals surface area contributed by atoms with Crippen LogP contribution in [0.4, 0.5) is 0 Å². The molecule has 1 N–H and O–H groups in total. The third kappa shape index (κ3) is 6.67. The molecule has 5 rings (SSSR count). The molecule has 0 fully saturated rings. The van der Waals surface area contributed by atoms with Gasteiger partial charge in [-0.25, -0.2) is 5.01 Å².